The summed E-state index contributed by atoms with van der Waals surface area (Å²) in [7, 11) is 0. The van der Waals surface area contributed by atoms with Crippen LogP contribution >= 0.6 is 0 Å². The molecule has 2 aliphatic rings. The van der Waals surface area contributed by atoms with Crippen molar-refractivity contribution in [3.05, 3.63) is 71.8 Å². The number of nitrogens with one attached hydrogen (secondary N) is 1. The zero-order chi connectivity index (χ0) is 16.4. The van der Waals surface area contributed by atoms with Crippen molar-refractivity contribution < 1.29 is 4.39 Å². The molecule has 122 valence electrons. The van der Waals surface area contributed by atoms with E-state index in [1.807, 2.05) is 24.3 Å². The van der Waals surface area contributed by atoms with Gasteiger partial charge in [-0.15, -0.1) is 0 Å². The highest BCUT2D eigenvalue weighted by atomic mass is 19.1. The lowest BCUT2D eigenvalue weighted by Crippen LogP contribution is -2.32. The van der Waals surface area contributed by atoms with Gasteiger partial charge in [0.25, 0.3) is 0 Å². The molecule has 0 amide bonds. The van der Waals surface area contributed by atoms with E-state index in [1.165, 1.54) is 12.1 Å². The molecule has 1 N–H and O–H groups in total. The molecule has 1 aromatic heterocycles. The summed E-state index contributed by atoms with van der Waals surface area (Å²) in [4.78, 5) is 9.13. The minimum absolute atomic E-state index is 0.204. The number of halogens is 1. The van der Waals surface area contributed by atoms with Crippen molar-refractivity contribution in [2.24, 2.45) is 10.9 Å². The average molecular weight is 321 g/mol. The maximum absolute atomic E-state index is 13.3. The number of aromatic nitrogens is 1. The zero-order valence-electron chi connectivity index (χ0n) is 13.5. The molecule has 1 atom stereocenters. The number of benzene rings is 1. The number of hydrogen-bond acceptors (Lipinski definition) is 3. The first-order valence-corrected chi connectivity index (χ1v) is 8.48. The van der Waals surface area contributed by atoms with E-state index in [1.54, 1.807) is 12.4 Å². The average Bonchev–Trinajstić information content (AvgIpc) is 3.09. The summed E-state index contributed by atoms with van der Waals surface area (Å²) in [6.07, 6.45) is 8.17. The molecule has 4 rings (SSSR count). The SMILES string of the molecule is Fc1ccc(C2=NC(C3CCNCC3)C=C2c2ccncc2)cc1. The van der Waals surface area contributed by atoms with E-state index < -0.39 is 0 Å². The highest BCUT2D eigenvalue weighted by molar-refractivity contribution is 6.33. The van der Waals surface area contributed by atoms with Crippen LogP contribution in [-0.2, 0) is 0 Å². The van der Waals surface area contributed by atoms with Crippen LogP contribution in [0.4, 0.5) is 4.39 Å². The molecular formula is C20H20FN3. The van der Waals surface area contributed by atoms with E-state index in [0.29, 0.717) is 5.92 Å². The van der Waals surface area contributed by atoms with E-state index >= 15 is 0 Å². The predicted molar refractivity (Wildman–Crippen MR) is 94.5 cm³/mol. The Labute approximate surface area is 141 Å². The second-order valence-corrected chi connectivity index (χ2v) is 6.38. The first kappa shape index (κ1) is 15.2. The second-order valence-electron chi connectivity index (χ2n) is 6.38. The molecule has 1 saturated heterocycles. The molecule has 2 aromatic rings. The van der Waals surface area contributed by atoms with Gasteiger partial charge in [-0.3, -0.25) is 9.98 Å². The third kappa shape index (κ3) is 3.02. The van der Waals surface area contributed by atoms with Crippen LogP contribution in [0.2, 0.25) is 0 Å². The molecular weight excluding hydrogens is 301 g/mol. The van der Waals surface area contributed by atoms with Gasteiger partial charge in [-0.05, 0) is 79.9 Å². The van der Waals surface area contributed by atoms with Crippen LogP contribution in [-0.4, -0.2) is 29.8 Å². The van der Waals surface area contributed by atoms with E-state index in [-0.39, 0.29) is 11.9 Å². The number of nitrogens with zero attached hydrogens (tertiary/aromatic N) is 2. The summed E-state index contributed by atoms with van der Waals surface area (Å²) in [6.45, 7) is 2.11. The summed E-state index contributed by atoms with van der Waals surface area (Å²) in [5.41, 5.74) is 4.18. The van der Waals surface area contributed by atoms with Gasteiger partial charge >= 0.3 is 0 Å². The van der Waals surface area contributed by atoms with Crippen LogP contribution in [0.25, 0.3) is 5.57 Å². The van der Waals surface area contributed by atoms with Crippen LogP contribution < -0.4 is 5.32 Å². The lowest BCUT2D eigenvalue weighted by molar-refractivity contribution is 0.350. The summed E-state index contributed by atoms with van der Waals surface area (Å²) in [5.74, 6) is 0.350. The molecule has 0 bridgehead atoms. The van der Waals surface area contributed by atoms with Gasteiger partial charge in [0, 0.05) is 23.5 Å². The van der Waals surface area contributed by atoms with Crippen LogP contribution in [0.1, 0.15) is 24.0 Å². The van der Waals surface area contributed by atoms with Gasteiger partial charge in [-0.1, -0.05) is 0 Å². The molecule has 1 unspecified atom stereocenters. The molecule has 1 fully saturated rings. The van der Waals surface area contributed by atoms with Gasteiger partial charge in [0.05, 0.1) is 11.8 Å². The van der Waals surface area contributed by atoms with Crippen LogP contribution in [0.5, 0.6) is 0 Å². The standard InChI is InChI=1S/C20H20FN3/c21-17-3-1-16(2-4-17)20-18(14-5-9-22-10-6-14)13-19(24-20)15-7-11-23-12-8-15/h1-6,9-10,13,15,19,23H,7-8,11-12H2. The van der Waals surface area contributed by atoms with Crippen LogP contribution in [0.3, 0.4) is 0 Å². The van der Waals surface area contributed by atoms with Crippen molar-refractivity contribution in [2.45, 2.75) is 18.9 Å². The van der Waals surface area contributed by atoms with Gasteiger partial charge < -0.3 is 5.32 Å². The molecule has 0 spiro atoms. The fourth-order valence-corrected chi connectivity index (χ4v) is 3.54. The highest BCUT2D eigenvalue weighted by Crippen LogP contribution is 2.32. The number of rotatable bonds is 3. The molecule has 3 heterocycles. The van der Waals surface area contributed by atoms with Crippen LogP contribution in [0.15, 0.2) is 59.9 Å². The van der Waals surface area contributed by atoms with Crippen molar-refractivity contribution in [2.75, 3.05) is 13.1 Å². The molecule has 0 aliphatic carbocycles. The first-order chi connectivity index (χ1) is 11.8. The number of aliphatic imine (C=N–C) groups is 1. The van der Waals surface area contributed by atoms with E-state index in [2.05, 4.69) is 16.4 Å². The second kappa shape index (κ2) is 6.65. The number of pyridine rings is 1. The van der Waals surface area contributed by atoms with Crippen molar-refractivity contribution in [3.8, 4) is 0 Å². The Kier molecular flexibility index (Phi) is 4.22. The molecule has 1 aromatic carbocycles. The Hall–Kier alpha value is -2.33. The largest absolute Gasteiger partial charge is 0.317 e. The fourth-order valence-electron chi connectivity index (χ4n) is 3.54. The summed E-state index contributed by atoms with van der Waals surface area (Å²) >= 11 is 0. The predicted octanol–water partition coefficient (Wildman–Crippen LogP) is 3.48. The number of hydrogen-bond donors (Lipinski definition) is 1. The third-order valence-corrected chi connectivity index (χ3v) is 4.85. The molecule has 2 aliphatic heterocycles. The van der Waals surface area contributed by atoms with Crippen molar-refractivity contribution in [1.82, 2.24) is 10.3 Å². The topological polar surface area (TPSA) is 37.3 Å². The van der Waals surface area contributed by atoms with Gasteiger partial charge in [0.1, 0.15) is 5.82 Å². The van der Waals surface area contributed by atoms with Gasteiger partial charge in [-0.2, -0.15) is 0 Å². The molecule has 24 heavy (non-hydrogen) atoms. The Morgan fingerprint density at radius 1 is 0.917 bits per heavy atom. The molecule has 0 saturated carbocycles. The van der Waals surface area contributed by atoms with Gasteiger partial charge in [0.2, 0.25) is 0 Å². The van der Waals surface area contributed by atoms with Crippen molar-refractivity contribution in [3.63, 3.8) is 0 Å². The summed E-state index contributed by atoms with van der Waals surface area (Å²) < 4.78 is 13.3. The lowest BCUT2D eigenvalue weighted by Gasteiger charge is -2.25. The maximum atomic E-state index is 13.3. The zero-order valence-corrected chi connectivity index (χ0v) is 13.5. The lowest BCUT2D eigenvalue weighted by atomic mass is 9.89. The van der Waals surface area contributed by atoms with Gasteiger partial charge in [0.15, 0.2) is 0 Å². The first-order valence-electron chi connectivity index (χ1n) is 8.48. The Morgan fingerprint density at radius 2 is 1.62 bits per heavy atom. The van der Waals surface area contributed by atoms with Crippen molar-refractivity contribution in [1.29, 1.82) is 0 Å². The van der Waals surface area contributed by atoms with Crippen molar-refractivity contribution >= 4 is 11.3 Å². The normalized spacial score (nSPS) is 21.5. The quantitative estimate of drug-likeness (QED) is 0.940. The Morgan fingerprint density at radius 3 is 2.33 bits per heavy atom. The third-order valence-electron chi connectivity index (χ3n) is 4.85. The maximum Gasteiger partial charge on any atom is 0.123 e. The Bertz CT molecular complexity index is 759. The van der Waals surface area contributed by atoms with Crippen LogP contribution in [0, 0.1) is 11.7 Å². The number of piperidine rings is 1. The summed E-state index contributed by atoms with van der Waals surface area (Å²) in [6, 6.07) is 10.8. The van der Waals surface area contributed by atoms with Gasteiger partial charge in [-0.25, -0.2) is 4.39 Å². The number of allylic oxidation sites excluding steroid dienone is 1. The Balaban J connectivity index is 1.72. The highest BCUT2D eigenvalue weighted by Gasteiger charge is 2.28. The fraction of sp³-hybridized carbons (Fsp3) is 0.300. The minimum atomic E-state index is -0.221. The molecule has 4 heteroatoms. The minimum Gasteiger partial charge on any atom is -0.317 e. The van der Waals surface area contributed by atoms with E-state index in [4.69, 9.17) is 4.99 Å². The van der Waals surface area contributed by atoms with E-state index in [0.717, 1.165) is 48.3 Å². The monoisotopic (exact) mass is 321 g/mol. The summed E-state index contributed by atoms with van der Waals surface area (Å²) in [5, 5.41) is 3.41. The molecule has 3 nitrogen and oxygen atoms in total. The molecule has 0 radical (unpaired) electrons. The smallest absolute Gasteiger partial charge is 0.123 e. The van der Waals surface area contributed by atoms with E-state index in [9.17, 15) is 4.39 Å².